The average molecular weight is 319 g/mol. The van der Waals surface area contributed by atoms with Gasteiger partial charge in [-0.1, -0.05) is 55.8 Å². The van der Waals surface area contributed by atoms with Crippen LogP contribution in [0.1, 0.15) is 33.3 Å². The van der Waals surface area contributed by atoms with Crippen molar-refractivity contribution in [3.8, 4) is 0 Å². The lowest BCUT2D eigenvalue weighted by Gasteiger charge is -2.16. The minimum atomic E-state index is 0.631. The van der Waals surface area contributed by atoms with E-state index in [9.17, 15) is 0 Å². The van der Waals surface area contributed by atoms with Crippen LogP contribution >= 0.6 is 39.5 Å². The molecule has 0 heterocycles. The second kappa shape index (κ2) is 6.97. The smallest absolute Gasteiger partial charge is 0.0294 e. The Hall–Kier alpha value is 0.400. The Morgan fingerprint density at radius 2 is 1.69 bits per heavy atom. The van der Waals surface area contributed by atoms with Crippen LogP contribution in [0.15, 0.2) is 28.0 Å². The van der Waals surface area contributed by atoms with Crippen LogP contribution in [-0.2, 0) is 5.33 Å². The number of hydrogen-bond acceptors (Lipinski definition) is 2. The van der Waals surface area contributed by atoms with E-state index in [1.54, 1.807) is 0 Å². The molecule has 0 spiro atoms. The lowest BCUT2D eigenvalue weighted by atomic mass is 10.2. The Morgan fingerprint density at radius 1 is 1.06 bits per heavy atom. The van der Waals surface area contributed by atoms with Crippen LogP contribution in [0.3, 0.4) is 0 Å². The van der Waals surface area contributed by atoms with Gasteiger partial charge in [-0.05, 0) is 11.6 Å². The van der Waals surface area contributed by atoms with Crippen LogP contribution in [0.5, 0.6) is 0 Å². The normalized spacial score (nSPS) is 11.4. The number of hydrogen-bond donors (Lipinski definition) is 0. The maximum atomic E-state index is 3.58. The van der Waals surface area contributed by atoms with E-state index in [4.69, 9.17) is 0 Å². The van der Waals surface area contributed by atoms with E-state index in [2.05, 4.69) is 61.8 Å². The van der Waals surface area contributed by atoms with Crippen LogP contribution < -0.4 is 0 Å². The Bertz CT molecular complexity index is 335. The summed E-state index contributed by atoms with van der Waals surface area (Å²) in [6, 6.07) is 6.61. The third kappa shape index (κ3) is 4.34. The molecule has 0 amide bonds. The van der Waals surface area contributed by atoms with Gasteiger partial charge in [0, 0.05) is 25.6 Å². The van der Waals surface area contributed by atoms with Crippen molar-refractivity contribution in [2.24, 2.45) is 0 Å². The summed E-state index contributed by atoms with van der Waals surface area (Å²) in [6.45, 7) is 8.99. The van der Waals surface area contributed by atoms with E-state index >= 15 is 0 Å². The first-order valence-corrected chi connectivity index (χ1v) is 8.43. The van der Waals surface area contributed by atoms with Gasteiger partial charge in [0.2, 0.25) is 0 Å². The second-order valence-electron chi connectivity index (χ2n) is 4.21. The predicted molar refractivity (Wildman–Crippen MR) is 81.1 cm³/mol. The standard InChI is InChI=1S/C13H19BrS2/c1-9(2)15-12-7-5-6-11(8-14)13(12)16-10(3)4/h5-7,9-10H,8H2,1-4H3. The lowest BCUT2D eigenvalue weighted by Crippen LogP contribution is -1.95. The van der Waals surface area contributed by atoms with E-state index in [1.165, 1.54) is 15.4 Å². The van der Waals surface area contributed by atoms with Crippen molar-refractivity contribution in [2.45, 2.75) is 53.3 Å². The highest BCUT2D eigenvalue weighted by Crippen LogP contribution is 2.38. The Labute approximate surface area is 116 Å². The molecule has 0 saturated heterocycles. The van der Waals surface area contributed by atoms with Crippen LogP contribution in [-0.4, -0.2) is 10.5 Å². The van der Waals surface area contributed by atoms with E-state index < -0.39 is 0 Å². The first kappa shape index (κ1) is 14.5. The Morgan fingerprint density at radius 3 is 2.19 bits per heavy atom. The number of benzene rings is 1. The number of halogens is 1. The molecule has 0 N–H and O–H groups in total. The van der Waals surface area contributed by atoms with Crippen molar-refractivity contribution in [3.05, 3.63) is 23.8 Å². The van der Waals surface area contributed by atoms with Gasteiger partial charge in [-0.25, -0.2) is 0 Å². The quantitative estimate of drug-likeness (QED) is 0.513. The first-order valence-electron chi connectivity index (χ1n) is 5.55. The lowest BCUT2D eigenvalue weighted by molar-refractivity contribution is 1.06. The van der Waals surface area contributed by atoms with Gasteiger partial charge in [0.05, 0.1) is 0 Å². The molecule has 0 aliphatic carbocycles. The summed E-state index contributed by atoms with van der Waals surface area (Å²) in [5.41, 5.74) is 1.41. The van der Waals surface area contributed by atoms with Crippen LogP contribution in [0.25, 0.3) is 0 Å². The maximum Gasteiger partial charge on any atom is 0.0294 e. The highest BCUT2D eigenvalue weighted by molar-refractivity contribution is 9.08. The maximum absolute atomic E-state index is 3.58. The predicted octanol–water partition coefficient (Wildman–Crippen LogP) is 5.58. The summed E-state index contributed by atoms with van der Waals surface area (Å²) >= 11 is 7.50. The molecule has 3 heteroatoms. The van der Waals surface area contributed by atoms with Crippen molar-refractivity contribution in [3.63, 3.8) is 0 Å². The van der Waals surface area contributed by atoms with Gasteiger partial charge >= 0.3 is 0 Å². The molecule has 0 nitrogen and oxygen atoms in total. The van der Waals surface area contributed by atoms with Crippen molar-refractivity contribution in [1.82, 2.24) is 0 Å². The number of rotatable bonds is 5. The molecule has 0 atom stereocenters. The molecular weight excluding hydrogens is 300 g/mol. The van der Waals surface area contributed by atoms with Crippen LogP contribution in [0.4, 0.5) is 0 Å². The van der Waals surface area contributed by atoms with Crippen molar-refractivity contribution >= 4 is 39.5 Å². The van der Waals surface area contributed by atoms with Crippen LogP contribution in [0, 0.1) is 0 Å². The van der Waals surface area contributed by atoms with E-state index in [0.29, 0.717) is 10.5 Å². The molecule has 0 radical (unpaired) electrons. The average Bonchev–Trinajstić information content (AvgIpc) is 2.19. The van der Waals surface area contributed by atoms with Crippen molar-refractivity contribution in [2.75, 3.05) is 0 Å². The van der Waals surface area contributed by atoms with Gasteiger partial charge in [0.15, 0.2) is 0 Å². The molecule has 0 aliphatic heterocycles. The van der Waals surface area contributed by atoms with E-state index in [1.807, 2.05) is 23.5 Å². The molecule has 0 bridgehead atoms. The number of thioether (sulfide) groups is 2. The van der Waals surface area contributed by atoms with Gasteiger partial charge in [0.25, 0.3) is 0 Å². The minimum absolute atomic E-state index is 0.631. The molecule has 1 aromatic carbocycles. The third-order valence-electron chi connectivity index (χ3n) is 1.92. The summed E-state index contributed by atoms with van der Waals surface area (Å²) in [5.74, 6) is 0. The molecule has 0 saturated carbocycles. The molecule has 0 aliphatic rings. The molecule has 16 heavy (non-hydrogen) atoms. The second-order valence-corrected chi connectivity index (χ2v) is 7.98. The Kier molecular flexibility index (Phi) is 6.30. The van der Waals surface area contributed by atoms with Crippen LogP contribution in [0.2, 0.25) is 0 Å². The van der Waals surface area contributed by atoms with Gasteiger partial charge in [0.1, 0.15) is 0 Å². The summed E-state index contributed by atoms with van der Waals surface area (Å²) in [6.07, 6.45) is 0. The first-order chi connectivity index (χ1) is 7.54. The van der Waals surface area contributed by atoms with Crippen molar-refractivity contribution in [1.29, 1.82) is 0 Å². The molecule has 0 aromatic heterocycles. The summed E-state index contributed by atoms with van der Waals surface area (Å²) in [7, 11) is 0. The van der Waals surface area contributed by atoms with E-state index in [-0.39, 0.29) is 0 Å². The fraction of sp³-hybridized carbons (Fsp3) is 0.538. The summed E-state index contributed by atoms with van der Waals surface area (Å²) < 4.78 is 0. The van der Waals surface area contributed by atoms with Gasteiger partial charge in [-0.3, -0.25) is 0 Å². The van der Waals surface area contributed by atoms with Gasteiger partial charge in [-0.2, -0.15) is 0 Å². The Balaban J connectivity index is 3.04. The zero-order valence-corrected chi connectivity index (χ0v) is 13.5. The fourth-order valence-electron chi connectivity index (χ4n) is 1.38. The third-order valence-corrected chi connectivity index (χ3v) is 4.91. The molecular formula is C13H19BrS2. The molecule has 90 valence electrons. The summed E-state index contributed by atoms with van der Waals surface area (Å²) in [5, 5.41) is 2.21. The van der Waals surface area contributed by atoms with Gasteiger partial charge < -0.3 is 0 Å². The van der Waals surface area contributed by atoms with E-state index in [0.717, 1.165) is 5.33 Å². The zero-order chi connectivity index (χ0) is 12.1. The topological polar surface area (TPSA) is 0 Å². The number of alkyl halides is 1. The zero-order valence-electron chi connectivity index (χ0n) is 10.3. The molecule has 0 unspecified atom stereocenters. The minimum Gasteiger partial charge on any atom is -0.122 e. The molecule has 1 rings (SSSR count). The van der Waals surface area contributed by atoms with Gasteiger partial charge in [-0.15, -0.1) is 23.5 Å². The molecule has 0 fully saturated rings. The SMILES string of the molecule is CC(C)Sc1cccc(CBr)c1SC(C)C. The highest BCUT2D eigenvalue weighted by atomic mass is 79.9. The summed E-state index contributed by atoms with van der Waals surface area (Å²) in [4.78, 5) is 2.87. The molecule has 1 aromatic rings. The fourth-order valence-corrected chi connectivity index (χ4v) is 4.17. The van der Waals surface area contributed by atoms with Crippen molar-refractivity contribution < 1.29 is 0 Å². The highest BCUT2D eigenvalue weighted by Gasteiger charge is 2.11. The monoisotopic (exact) mass is 318 g/mol. The largest absolute Gasteiger partial charge is 0.122 e.